The SMILES string of the molecule is Nc1cc2ccccc2oc1=O.Nc1cc2ccccc2oc1=O.[Cl-].[Cl-].[Pd+2]. The van der Waals surface area contributed by atoms with E-state index in [9.17, 15) is 9.59 Å². The molecule has 2 aromatic heterocycles. The van der Waals surface area contributed by atoms with Gasteiger partial charge in [-0.3, -0.25) is 0 Å². The molecule has 0 bridgehead atoms. The molecule has 0 atom stereocenters. The van der Waals surface area contributed by atoms with Crippen LogP contribution in [0.1, 0.15) is 0 Å². The molecular weight excluding hydrogens is 486 g/mol. The van der Waals surface area contributed by atoms with Crippen LogP contribution in [0.2, 0.25) is 0 Å². The number of anilines is 2. The van der Waals surface area contributed by atoms with Gasteiger partial charge in [0.2, 0.25) is 0 Å². The van der Waals surface area contributed by atoms with Crippen molar-refractivity contribution in [2.75, 3.05) is 11.5 Å². The van der Waals surface area contributed by atoms with Gasteiger partial charge in [-0.05, 0) is 24.3 Å². The predicted octanol–water partition coefficient (Wildman–Crippen LogP) is -3.24. The van der Waals surface area contributed by atoms with E-state index >= 15 is 0 Å². The molecule has 2 aromatic carbocycles. The largest absolute Gasteiger partial charge is 2.00 e. The van der Waals surface area contributed by atoms with Gasteiger partial charge in [0.25, 0.3) is 0 Å². The third-order valence-electron chi connectivity index (χ3n) is 3.34. The van der Waals surface area contributed by atoms with Gasteiger partial charge in [0.05, 0.1) is 0 Å². The van der Waals surface area contributed by atoms with Crippen molar-refractivity contribution in [1.82, 2.24) is 0 Å². The first-order valence-corrected chi connectivity index (χ1v) is 7.11. The Bertz CT molecular complexity index is 1050. The zero-order valence-electron chi connectivity index (χ0n) is 13.6. The van der Waals surface area contributed by atoms with Crippen molar-refractivity contribution >= 4 is 33.3 Å². The maximum absolute atomic E-state index is 10.9. The first-order chi connectivity index (χ1) is 11.5. The average Bonchev–Trinajstić information content (AvgIpc) is 2.57. The topological polar surface area (TPSA) is 112 Å². The van der Waals surface area contributed by atoms with Crippen LogP contribution in [0.4, 0.5) is 11.4 Å². The molecule has 0 saturated heterocycles. The summed E-state index contributed by atoms with van der Waals surface area (Å²) in [5.41, 5.74) is 11.2. The molecule has 0 radical (unpaired) electrons. The zero-order chi connectivity index (χ0) is 17.1. The average molecular weight is 500 g/mol. The van der Waals surface area contributed by atoms with Gasteiger partial charge in [-0.1, -0.05) is 36.4 Å². The second-order valence-electron chi connectivity index (χ2n) is 5.05. The van der Waals surface area contributed by atoms with Gasteiger partial charge in [-0.2, -0.15) is 0 Å². The number of nitrogens with two attached hydrogens (primary N) is 2. The molecule has 4 N–H and O–H groups in total. The molecule has 0 amide bonds. The van der Waals surface area contributed by atoms with Crippen molar-refractivity contribution in [1.29, 1.82) is 0 Å². The van der Waals surface area contributed by atoms with Gasteiger partial charge < -0.3 is 45.1 Å². The van der Waals surface area contributed by atoms with Crippen LogP contribution in [0.5, 0.6) is 0 Å². The molecule has 4 rings (SSSR count). The monoisotopic (exact) mass is 498 g/mol. The Morgan fingerprint density at radius 2 is 0.963 bits per heavy atom. The van der Waals surface area contributed by atoms with E-state index in [2.05, 4.69) is 0 Å². The number of rotatable bonds is 0. The third kappa shape index (κ3) is 5.85. The number of hydrogen-bond acceptors (Lipinski definition) is 6. The fraction of sp³-hybridized carbons (Fsp3) is 0. The summed E-state index contributed by atoms with van der Waals surface area (Å²) < 4.78 is 9.82. The molecule has 4 aromatic rings. The Kier molecular flexibility index (Phi) is 9.84. The van der Waals surface area contributed by atoms with E-state index in [1.54, 1.807) is 24.3 Å². The van der Waals surface area contributed by atoms with Crippen LogP contribution in [0.25, 0.3) is 21.9 Å². The second-order valence-corrected chi connectivity index (χ2v) is 5.05. The van der Waals surface area contributed by atoms with Crippen molar-refractivity contribution < 1.29 is 54.1 Å². The smallest absolute Gasteiger partial charge is 1.00 e. The molecule has 0 saturated carbocycles. The predicted molar refractivity (Wildman–Crippen MR) is 93.8 cm³/mol. The summed E-state index contributed by atoms with van der Waals surface area (Å²) in [6, 6.07) is 17.7. The second kappa shape index (κ2) is 10.8. The Morgan fingerprint density at radius 1 is 0.630 bits per heavy atom. The van der Waals surface area contributed by atoms with Gasteiger partial charge in [0.1, 0.15) is 22.5 Å². The normalized spacial score (nSPS) is 9.19. The molecule has 0 spiro atoms. The minimum Gasteiger partial charge on any atom is -1.00 e. The van der Waals surface area contributed by atoms with E-state index in [4.69, 9.17) is 20.3 Å². The summed E-state index contributed by atoms with van der Waals surface area (Å²) in [5.74, 6) is 0. The summed E-state index contributed by atoms with van der Waals surface area (Å²) in [7, 11) is 0. The van der Waals surface area contributed by atoms with Crippen LogP contribution in [0.15, 0.2) is 79.1 Å². The van der Waals surface area contributed by atoms with Gasteiger partial charge >= 0.3 is 31.7 Å². The number of nitrogen functional groups attached to an aromatic ring is 2. The maximum atomic E-state index is 10.9. The molecule has 0 fully saturated rings. The van der Waals surface area contributed by atoms with E-state index in [0.717, 1.165) is 10.8 Å². The summed E-state index contributed by atoms with van der Waals surface area (Å²) in [4.78, 5) is 21.9. The van der Waals surface area contributed by atoms with E-state index in [-0.39, 0.29) is 56.6 Å². The Morgan fingerprint density at radius 3 is 1.33 bits per heavy atom. The van der Waals surface area contributed by atoms with Crippen LogP contribution in [-0.2, 0) is 20.4 Å². The first kappa shape index (κ1) is 24.7. The molecule has 0 unspecified atom stereocenters. The number of halogens is 2. The van der Waals surface area contributed by atoms with Crippen molar-refractivity contribution in [3.63, 3.8) is 0 Å². The van der Waals surface area contributed by atoms with E-state index < -0.39 is 11.3 Å². The molecule has 0 aliphatic heterocycles. The van der Waals surface area contributed by atoms with Gasteiger partial charge in [-0.15, -0.1) is 0 Å². The van der Waals surface area contributed by atoms with Crippen LogP contribution >= 0.6 is 0 Å². The van der Waals surface area contributed by atoms with E-state index in [1.165, 1.54) is 0 Å². The minimum absolute atomic E-state index is 0. The van der Waals surface area contributed by atoms with Crippen LogP contribution in [-0.4, -0.2) is 0 Å². The zero-order valence-corrected chi connectivity index (χ0v) is 16.7. The maximum Gasteiger partial charge on any atom is 2.00 e. The third-order valence-corrected chi connectivity index (χ3v) is 3.34. The summed E-state index contributed by atoms with van der Waals surface area (Å²) in [6.45, 7) is 0. The van der Waals surface area contributed by atoms with E-state index in [0.29, 0.717) is 11.2 Å². The Hall–Kier alpha value is -2.30. The van der Waals surface area contributed by atoms with Crippen LogP contribution in [0, 0.1) is 0 Å². The van der Waals surface area contributed by atoms with Gasteiger partial charge in [-0.25, -0.2) is 9.59 Å². The Labute approximate surface area is 180 Å². The molecular formula is C18H14Cl2N2O4Pd. The fourth-order valence-corrected chi connectivity index (χ4v) is 2.16. The number of benzene rings is 2. The standard InChI is InChI=1S/2C9H7NO2.2ClH.Pd/c2*10-7-5-6-3-1-2-4-8(6)12-9(7)11;;;/h2*1-5H,10H2;2*1H;/q;;;;+2/p-2. The van der Waals surface area contributed by atoms with Crippen molar-refractivity contribution in [2.24, 2.45) is 0 Å². The van der Waals surface area contributed by atoms with Crippen molar-refractivity contribution in [3.05, 3.63) is 81.5 Å². The quantitative estimate of drug-likeness (QED) is 0.194. The van der Waals surface area contributed by atoms with E-state index in [1.807, 2.05) is 36.4 Å². The number of para-hydroxylation sites is 2. The number of fused-ring (bicyclic) bond motifs is 2. The molecule has 0 aliphatic carbocycles. The Balaban J connectivity index is 0.000000451. The fourth-order valence-electron chi connectivity index (χ4n) is 2.16. The van der Waals surface area contributed by atoms with Gasteiger partial charge in [0, 0.05) is 10.8 Å². The summed E-state index contributed by atoms with van der Waals surface area (Å²) in [6.07, 6.45) is 0. The molecule has 2 heterocycles. The minimum atomic E-state index is -0.478. The van der Waals surface area contributed by atoms with Crippen molar-refractivity contribution in [3.8, 4) is 0 Å². The molecule has 144 valence electrons. The molecule has 6 nitrogen and oxygen atoms in total. The molecule has 0 aliphatic rings. The summed E-state index contributed by atoms with van der Waals surface area (Å²) >= 11 is 0. The first-order valence-electron chi connectivity index (χ1n) is 7.11. The summed E-state index contributed by atoms with van der Waals surface area (Å²) in [5, 5.41) is 1.68. The van der Waals surface area contributed by atoms with Gasteiger partial charge in [0.15, 0.2) is 0 Å². The molecule has 9 heteroatoms. The van der Waals surface area contributed by atoms with Crippen molar-refractivity contribution in [2.45, 2.75) is 0 Å². The van der Waals surface area contributed by atoms with Crippen LogP contribution in [0.3, 0.4) is 0 Å². The van der Waals surface area contributed by atoms with Crippen LogP contribution < -0.4 is 47.5 Å². The molecule has 27 heavy (non-hydrogen) atoms. The number of hydrogen-bond donors (Lipinski definition) is 2.